The average Bonchev–Trinajstić information content (AvgIpc) is 3.43. The SMILES string of the molecule is COC[C@H](C)Nc1ncc2c(-c3ccnc(C4CCOC4=O)c3)cc(C3CCC(O)CC3)n2n1. The number of nitrogens with one attached hydrogen (secondary N) is 1. The second kappa shape index (κ2) is 9.68. The Kier molecular flexibility index (Phi) is 6.47. The van der Waals surface area contributed by atoms with Crippen LogP contribution in [-0.2, 0) is 14.3 Å². The van der Waals surface area contributed by atoms with E-state index >= 15 is 0 Å². The van der Waals surface area contributed by atoms with Crippen molar-refractivity contribution < 1.29 is 19.4 Å². The van der Waals surface area contributed by atoms with Crippen LogP contribution in [0.2, 0.25) is 0 Å². The molecule has 0 radical (unpaired) electrons. The van der Waals surface area contributed by atoms with E-state index in [-0.39, 0.29) is 24.0 Å². The molecule has 2 aliphatic rings. The molecule has 2 atom stereocenters. The Morgan fingerprint density at radius 3 is 2.79 bits per heavy atom. The maximum absolute atomic E-state index is 12.1. The summed E-state index contributed by atoms with van der Waals surface area (Å²) in [6.07, 6.45) is 7.42. The van der Waals surface area contributed by atoms with Crippen LogP contribution in [0.25, 0.3) is 16.6 Å². The van der Waals surface area contributed by atoms with Crippen molar-refractivity contribution in [2.75, 3.05) is 25.6 Å². The standard InChI is InChI=1S/C25H31N5O4/c1-15(14-33-2)28-25-27-13-23-20(12-22(30(23)29-25)16-3-5-18(31)6-4-16)17-7-9-26-21(11-17)19-8-10-34-24(19)32/h7,9,11-13,15-16,18-19,31H,3-6,8,10,14H2,1-2H3,(H,28,29)/t15-,16?,18?,19?/m0/s1. The van der Waals surface area contributed by atoms with Crippen LogP contribution in [-0.4, -0.2) is 63.1 Å². The highest BCUT2D eigenvalue weighted by Gasteiger charge is 2.30. The molecule has 0 amide bonds. The number of fused-ring (bicyclic) bond motifs is 1. The molecular weight excluding hydrogens is 434 g/mol. The Morgan fingerprint density at radius 2 is 2.06 bits per heavy atom. The summed E-state index contributed by atoms with van der Waals surface area (Å²) in [5, 5.41) is 18.2. The number of ether oxygens (including phenoxy) is 2. The highest BCUT2D eigenvalue weighted by molar-refractivity contribution is 5.83. The number of methoxy groups -OCH3 is 1. The Morgan fingerprint density at radius 1 is 1.24 bits per heavy atom. The van der Waals surface area contributed by atoms with Gasteiger partial charge in [-0.3, -0.25) is 9.78 Å². The summed E-state index contributed by atoms with van der Waals surface area (Å²) in [7, 11) is 1.67. The van der Waals surface area contributed by atoms with Crippen LogP contribution in [0.5, 0.6) is 0 Å². The summed E-state index contributed by atoms with van der Waals surface area (Å²) in [5.41, 5.74) is 4.72. The molecule has 0 bridgehead atoms. The highest BCUT2D eigenvalue weighted by atomic mass is 16.5. The van der Waals surface area contributed by atoms with E-state index in [1.165, 1.54) is 0 Å². The number of hydrogen-bond donors (Lipinski definition) is 2. The number of anilines is 1. The Bertz CT molecular complexity index is 1170. The fourth-order valence-electron chi connectivity index (χ4n) is 5.06. The summed E-state index contributed by atoms with van der Waals surface area (Å²) in [5.74, 6) is 0.315. The minimum atomic E-state index is -0.317. The number of carbonyl (C=O) groups excluding carboxylic acids is 1. The molecule has 1 aliphatic heterocycles. The summed E-state index contributed by atoms with van der Waals surface area (Å²) < 4.78 is 12.4. The molecule has 3 aromatic rings. The van der Waals surface area contributed by atoms with Gasteiger partial charge in [0.2, 0.25) is 5.95 Å². The minimum Gasteiger partial charge on any atom is -0.465 e. The van der Waals surface area contributed by atoms with Gasteiger partial charge in [0.25, 0.3) is 0 Å². The van der Waals surface area contributed by atoms with Gasteiger partial charge in [-0.1, -0.05) is 0 Å². The number of cyclic esters (lactones) is 1. The Labute approximate surface area is 198 Å². The molecule has 5 rings (SSSR count). The second-order valence-corrected chi connectivity index (χ2v) is 9.35. The van der Waals surface area contributed by atoms with E-state index < -0.39 is 0 Å². The van der Waals surface area contributed by atoms with Crippen molar-refractivity contribution in [1.29, 1.82) is 0 Å². The van der Waals surface area contributed by atoms with Crippen molar-refractivity contribution in [3.05, 3.63) is 42.0 Å². The van der Waals surface area contributed by atoms with Crippen molar-refractivity contribution in [3.63, 3.8) is 0 Å². The number of pyridine rings is 1. The molecule has 3 aromatic heterocycles. The average molecular weight is 466 g/mol. The van der Waals surface area contributed by atoms with Crippen LogP contribution in [0.1, 0.15) is 62.3 Å². The normalized spacial score (nSPS) is 23.7. The first-order chi connectivity index (χ1) is 16.5. The fraction of sp³-hybridized carbons (Fsp3) is 0.520. The topological polar surface area (TPSA) is 111 Å². The Balaban J connectivity index is 1.56. The zero-order valence-electron chi connectivity index (χ0n) is 19.6. The van der Waals surface area contributed by atoms with E-state index in [0.29, 0.717) is 31.5 Å². The summed E-state index contributed by atoms with van der Waals surface area (Å²) in [6, 6.07) is 6.19. The van der Waals surface area contributed by atoms with Gasteiger partial charge in [-0.15, -0.1) is 5.10 Å². The fourth-order valence-corrected chi connectivity index (χ4v) is 5.06. The third kappa shape index (κ3) is 4.50. The van der Waals surface area contributed by atoms with Crippen molar-refractivity contribution in [2.45, 2.75) is 63.0 Å². The zero-order chi connectivity index (χ0) is 23.7. The monoisotopic (exact) mass is 465 g/mol. The molecule has 9 heteroatoms. The maximum atomic E-state index is 12.1. The molecule has 1 saturated carbocycles. The molecular formula is C25H31N5O4. The first-order valence-corrected chi connectivity index (χ1v) is 12.0. The lowest BCUT2D eigenvalue weighted by Crippen LogP contribution is -2.23. The van der Waals surface area contributed by atoms with E-state index in [1.807, 2.05) is 29.8 Å². The molecule has 1 unspecified atom stereocenters. The van der Waals surface area contributed by atoms with Crippen LogP contribution in [0.4, 0.5) is 5.95 Å². The molecule has 180 valence electrons. The molecule has 2 N–H and O–H groups in total. The van der Waals surface area contributed by atoms with Gasteiger partial charge in [0.15, 0.2) is 0 Å². The summed E-state index contributed by atoms with van der Waals surface area (Å²) in [6.45, 7) is 3.01. The predicted molar refractivity (Wildman–Crippen MR) is 127 cm³/mol. The third-order valence-corrected chi connectivity index (χ3v) is 6.84. The zero-order valence-corrected chi connectivity index (χ0v) is 19.6. The minimum absolute atomic E-state index is 0.0692. The number of rotatable bonds is 7. The van der Waals surface area contributed by atoms with Crippen molar-refractivity contribution in [3.8, 4) is 11.1 Å². The van der Waals surface area contributed by atoms with Crippen LogP contribution in [0, 0.1) is 0 Å². The van der Waals surface area contributed by atoms with Crippen LogP contribution < -0.4 is 5.32 Å². The molecule has 4 heterocycles. The molecule has 9 nitrogen and oxygen atoms in total. The predicted octanol–water partition coefficient (Wildman–Crippen LogP) is 3.29. The molecule has 1 saturated heterocycles. The van der Waals surface area contributed by atoms with Crippen LogP contribution in [0.3, 0.4) is 0 Å². The quantitative estimate of drug-likeness (QED) is 0.512. The number of carbonyl (C=O) groups is 1. The Hall–Kier alpha value is -3.04. The first kappa shape index (κ1) is 22.7. The van der Waals surface area contributed by atoms with Gasteiger partial charge in [-0.2, -0.15) is 0 Å². The summed E-state index contributed by atoms with van der Waals surface area (Å²) >= 11 is 0. The second-order valence-electron chi connectivity index (χ2n) is 9.35. The molecule has 2 fully saturated rings. The number of esters is 1. The van der Waals surface area contributed by atoms with E-state index in [9.17, 15) is 9.90 Å². The van der Waals surface area contributed by atoms with Gasteiger partial charge < -0.3 is 19.9 Å². The van der Waals surface area contributed by atoms with Crippen molar-refractivity contribution in [2.24, 2.45) is 0 Å². The smallest absolute Gasteiger partial charge is 0.315 e. The molecule has 1 aliphatic carbocycles. The lowest BCUT2D eigenvalue weighted by molar-refractivity contribution is -0.139. The first-order valence-electron chi connectivity index (χ1n) is 12.0. The van der Waals surface area contributed by atoms with E-state index in [1.54, 1.807) is 13.3 Å². The third-order valence-electron chi connectivity index (χ3n) is 6.84. The van der Waals surface area contributed by atoms with Gasteiger partial charge in [-0.05, 0) is 56.4 Å². The number of aliphatic hydroxyl groups is 1. The lowest BCUT2D eigenvalue weighted by Gasteiger charge is -2.25. The van der Waals surface area contributed by atoms with Gasteiger partial charge in [-0.25, -0.2) is 9.50 Å². The molecule has 0 spiro atoms. The largest absolute Gasteiger partial charge is 0.465 e. The van der Waals surface area contributed by atoms with E-state index in [2.05, 4.69) is 21.4 Å². The number of aliphatic hydroxyl groups excluding tert-OH is 1. The van der Waals surface area contributed by atoms with Gasteiger partial charge in [0.1, 0.15) is 5.92 Å². The summed E-state index contributed by atoms with van der Waals surface area (Å²) in [4.78, 5) is 21.1. The van der Waals surface area contributed by atoms with Crippen molar-refractivity contribution in [1.82, 2.24) is 19.6 Å². The number of nitrogens with zero attached hydrogens (tertiary/aromatic N) is 4. The van der Waals surface area contributed by atoms with Crippen molar-refractivity contribution >= 4 is 17.4 Å². The van der Waals surface area contributed by atoms with Gasteiger partial charge in [0, 0.05) is 42.9 Å². The number of hydrogen-bond acceptors (Lipinski definition) is 8. The maximum Gasteiger partial charge on any atom is 0.315 e. The lowest BCUT2D eigenvalue weighted by atomic mass is 9.85. The molecule has 34 heavy (non-hydrogen) atoms. The van der Waals surface area contributed by atoms with Crippen LogP contribution >= 0.6 is 0 Å². The van der Waals surface area contributed by atoms with Gasteiger partial charge >= 0.3 is 5.97 Å². The van der Waals surface area contributed by atoms with E-state index in [4.69, 9.17) is 14.6 Å². The number of aromatic nitrogens is 4. The van der Waals surface area contributed by atoms with E-state index in [0.717, 1.165) is 53.7 Å². The molecule has 0 aromatic carbocycles. The highest BCUT2D eigenvalue weighted by Crippen LogP contribution is 2.38. The van der Waals surface area contributed by atoms with Crippen LogP contribution in [0.15, 0.2) is 30.6 Å². The van der Waals surface area contributed by atoms with Gasteiger partial charge in [0.05, 0.1) is 36.7 Å².